The number of nitrogens with one attached hydrogen (secondary N) is 1. The number of halogens is 2. The van der Waals surface area contributed by atoms with Gasteiger partial charge in [0.2, 0.25) is 5.16 Å². The molecule has 0 amide bonds. The number of ether oxygens (including phenoxy) is 1. The number of carbonyl (C=O) groups is 1. The number of nitrogens with zero attached hydrogens (tertiary/aromatic N) is 2. The number of hydrogen-bond acceptors (Lipinski definition) is 5. The molecule has 0 atom stereocenters. The van der Waals surface area contributed by atoms with Crippen molar-refractivity contribution in [2.45, 2.75) is 5.16 Å². The summed E-state index contributed by atoms with van der Waals surface area (Å²) in [5, 5.41) is 8.09. The maximum Gasteiger partial charge on any atom is 0.209 e. The SMILES string of the molecule is COc1ccc(Cl)cc1-c1nc(SCC(=O)c2ccc(I)cc2)n[nH]1. The third kappa shape index (κ3) is 4.53. The Morgan fingerprint density at radius 1 is 1.28 bits per heavy atom. The largest absolute Gasteiger partial charge is 0.496 e. The summed E-state index contributed by atoms with van der Waals surface area (Å²) < 4.78 is 6.42. The topological polar surface area (TPSA) is 67.9 Å². The molecule has 1 N–H and O–H groups in total. The van der Waals surface area contributed by atoms with Crippen molar-refractivity contribution in [3.8, 4) is 17.1 Å². The number of hydrogen-bond donors (Lipinski definition) is 1. The summed E-state index contributed by atoms with van der Waals surface area (Å²) in [6.07, 6.45) is 0. The number of methoxy groups -OCH3 is 1. The minimum Gasteiger partial charge on any atom is -0.496 e. The van der Waals surface area contributed by atoms with Crippen LogP contribution in [0.15, 0.2) is 47.6 Å². The van der Waals surface area contributed by atoms with Crippen LogP contribution < -0.4 is 4.74 Å². The molecule has 1 heterocycles. The fraction of sp³-hybridized carbons (Fsp3) is 0.118. The zero-order valence-corrected chi connectivity index (χ0v) is 16.9. The zero-order chi connectivity index (χ0) is 17.8. The monoisotopic (exact) mass is 485 g/mol. The van der Waals surface area contributed by atoms with Crippen molar-refractivity contribution in [3.63, 3.8) is 0 Å². The van der Waals surface area contributed by atoms with Crippen LogP contribution in [-0.2, 0) is 0 Å². The summed E-state index contributed by atoms with van der Waals surface area (Å²) in [6.45, 7) is 0. The van der Waals surface area contributed by atoms with Gasteiger partial charge in [-0.2, -0.15) is 0 Å². The average molecular weight is 486 g/mol. The summed E-state index contributed by atoms with van der Waals surface area (Å²) in [7, 11) is 1.58. The Balaban J connectivity index is 1.71. The molecule has 0 saturated heterocycles. The second kappa shape index (κ2) is 8.20. The molecule has 128 valence electrons. The van der Waals surface area contributed by atoms with Crippen molar-refractivity contribution in [2.75, 3.05) is 12.9 Å². The van der Waals surface area contributed by atoms with Crippen molar-refractivity contribution in [2.24, 2.45) is 0 Å². The van der Waals surface area contributed by atoms with Gasteiger partial charge in [0.15, 0.2) is 11.6 Å². The molecule has 0 aliphatic rings. The number of H-pyrrole nitrogens is 1. The van der Waals surface area contributed by atoms with Crippen LogP contribution >= 0.6 is 46.0 Å². The summed E-state index contributed by atoms with van der Waals surface area (Å²) in [5.74, 6) is 1.49. The van der Waals surface area contributed by atoms with Crippen molar-refractivity contribution in [3.05, 3.63) is 56.6 Å². The molecule has 0 saturated carbocycles. The number of ketones is 1. The highest BCUT2D eigenvalue weighted by molar-refractivity contribution is 14.1. The van der Waals surface area contributed by atoms with Gasteiger partial charge < -0.3 is 4.74 Å². The number of aromatic amines is 1. The Bertz CT molecular complexity index is 899. The third-order valence-corrected chi connectivity index (χ3v) is 5.18. The van der Waals surface area contributed by atoms with Crippen LogP contribution in [0.3, 0.4) is 0 Å². The molecule has 5 nitrogen and oxygen atoms in total. The number of rotatable bonds is 6. The van der Waals surface area contributed by atoms with Gasteiger partial charge in [-0.05, 0) is 52.9 Å². The second-order valence-electron chi connectivity index (χ2n) is 5.03. The maximum absolute atomic E-state index is 12.2. The normalized spacial score (nSPS) is 10.7. The van der Waals surface area contributed by atoms with Gasteiger partial charge in [0.05, 0.1) is 18.4 Å². The quantitative estimate of drug-likeness (QED) is 0.311. The van der Waals surface area contributed by atoms with Crippen LogP contribution in [-0.4, -0.2) is 33.8 Å². The van der Waals surface area contributed by atoms with E-state index in [0.717, 1.165) is 9.13 Å². The Labute approximate surface area is 167 Å². The van der Waals surface area contributed by atoms with E-state index in [1.807, 2.05) is 24.3 Å². The van der Waals surface area contributed by atoms with Gasteiger partial charge in [0, 0.05) is 14.2 Å². The zero-order valence-electron chi connectivity index (χ0n) is 13.1. The molecule has 0 radical (unpaired) electrons. The molecule has 0 bridgehead atoms. The fourth-order valence-electron chi connectivity index (χ4n) is 2.15. The molecule has 25 heavy (non-hydrogen) atoms. The summed E-state index contributed by atoms with van der Waals surface area (Å²) in [6, 6.07) is 12.7. The van der Waals surface area contributed by atoms with Gasteiger partial charge in [-0.1, -0.05) is 35.5 Å². The van der Waals surface area contributed by atoms with E-state index in [2.05, 4.69) is 37.8 Å². The van der Waals surface area contributed by atoms with E-state index < -0.39 is 0 Å². The van der Waals surface area contributed by atoms with E-state index in [4.69, 9.17) is 16.3 Å². The smallest absolute Gasteiger partial charge is 0.209 e. The molecule has 8 heteroatoms. The van der Waals surface area contributed by atoms with Crippen LogP contribution in [0.2, 0.25) is 5.02 Å². The number of thioether (sulfide) groups is 1. The lowest BCUT2D eigenvalue weighted by atomic mass is 10.2. The first-order chi connectivity index (χ1) is 12.1. The van der Waals surface area contributed by atoms with Gasteiger partial charge in [0.1, 0.15) is 5.75 Å². The van der Waals surface area contributed by atoms with Gasteiger partial charge in [-0.3, -0.25) is 9.89 Å². The summed E-state index contributed by atoms with van der Waals surface area (Å²) >= 11 is 9.53. The van der Waals surface area contributed by atoms with Crippen LogP contribution in [0.4, 0.5) is 0 Å². The molecule has 0 aliphatic carbocycles. The van der Waals surface area contributed by atoms with Crippen LogP contribution in [0.1, 0.15) is 10.4 Å². The lowest BCUT2D eigenvalue weighted by Gasteiger charge is -2.05. The van der Waals surface area contributed by atoms with Crippen molar-refractivity contribution < 1.29 is 9.53 Å². The summed E-state index contributed by atoms with van der Waals surface area (Å²) in [4.78, 5) is 16.6. The van der Waals surface area contributed by atoms with Crippen LogP contribution in [0.25, 0.3) is 11.4 Å². The highest BCUT2D eigenvalue weighted by Crippen LogP contribution is 2.31. The maximum atomic E-state index is 12.2. The Morgan fingerprint density at radius 2 is 2.04 bits per heavy atom. The average Bonchev–Trinajstić information content (AvgIpc) is 3.09. The molecular weight excluding hydrogens is 473 g/mol. The van der Waals surface area contributed by atoms with Crippen LogP contribution in [0.5, 0.6) is 5.75 Å². The Morgan fingerprint density at radius 3 is 2.76 bits per heavy atom. The lowest BCUT2D eigenvalue weighted by Crippen LogP contribution is -2.02. The first-order valence-corrected chi connectivity index (χ1v) is 9.69. The first-order valence-electron chi connectivity index (χ1n) is 7.24. The molecule has 0 aliphatic heterocycles. The number of aromatic nitrogens is 3. The third-order valence-electron chi connectivity index (χ3n) is 3.38. The summed E-state index contributed by atoms with van der Waals surface area (Å²) in [5.41, 5.74) is 1.40. The molecule has 0 unspecified atom stereocenters. The Kier molecular flexibility index (Phi) is 5.98. The highest BCUT2D eigenvalue weighted by Gasteiger charge is 2.14. The highest BCUT2D eigenvalue weighted by atomic mass is 127. The minimum absolute atomic E-state index is 0.0353. The molecule has 1 aromatic heterocycles. The first kappa shape index (κ1) is 18.2. The van der Waals surface area contributed by atoms with Crippen molar-refractivity contribution >= 4 is 51.7 Å². The van der Waals surface area contributed by atoms with E-state index in [0.29, 0.717) is 27.3 Å². The van der Waals surface area contributed by atoms with Gasteiger partial charge in [0.25, 0.3) is 0 Å². The standard InChI is InChI=1S/C17H13ClIN3O2S/c1-24-15-7-4-11(18)8-13(15)16-20-17(22-21-16)25-9-14(23)10-2-5-12(19)6-3-10/h2-8H,9H2,1H3,(H,20,21,22). The molecular formula is C17H13ClIN3O2S. The van der Waals surface area contributed by atoms with E-state index in [9.17, 15) is 4.79 Å². The van der Waals surface area contributed by atoms with E-state index in [1.54, 1.807) is 25.3 Å². The van der Waals surface area contributed by atoms with Crippen molar-refractivity contribution in [1.29, 1.82) is 0 Å². The van der Waals surface area contributed by atoms with E-state index in [-0.39, 0.29) is 11.5 Å². The lowest BCUT2D eigenvalue weighted by molar-refractivity contribution is 0.102. The predicted molar refractivity (Wildman–Crippen MR) is 108 cm³/mol. The van der Waals surface area contributed by atoms with Gasteiger partial charge in [-0.25, -0.2) is 4.98 Å². The van der Waals surface area contributed by atoms with E-state index >= 15 is 0 Å². The minimum atomic E-state index is 0.0353. The molecule has 3 aromatic rings. The van der Waals surface area contributed by atoms with Crippen LogP contribution in [0, 0.1) is 3.57 Å². The second-order valence-corrected chi connectivity index (χ2v) is 7.65. The molecule has 3 rings (SSSR count). The van der Waals surface area contributed by atoms with Gasteiger partial charge in [-0.15, -0.1) is 5.10 Å². The number of carbonyl (C=O) groups excluding carboxylic acids is 1. The molecule has 0 spiro atoms. The fourth-order valence-corrected chi connectivity index (χ4v) is 3.37. The van der Waals surface area contributed by atoms with Crippen molar-refractivity contribution in [1.82, 2.24) is 15.2 Å². The molecule has 2 aromatic carbocycles. The predicted octanol–water partition coefficient (Wildman–Crippen LogP) is 4.71. The number of Topliss-reactive ketones (excluding diaryl/α,β-unsaturated/α-hetero) is 1. The van der Waals surface area contributed by atoms with E-state index in [1.165, 1.54) is 11.8 Å². The number of benzene rings is 2. The van der Waals surface area contributed by atoms with Gasteiger partial charge >= 0.3 is 0 Å². The molecule has 0 fully saturated rings. The Hall–Kier alpha value is -1.58.